The number of ether oxygens (including phenoxy) is 1. The quantitative estimate of drug-likeness (QED) is 0.437. The van der Waals surface area contributed by atoms with Gasteiger partial charge in [-0.3, -0.25) is 14.4 Å². The third-order valence-electron chi connectivity index (χ3n) is 5.42. The zero-order chi connectivity index (χ0) is 24.5. The number of hydrogen-bond acceptors (Lipinski definition) is 8. The second kappa shape index (κ2) is 9.37. The van der Waals surface area contributed by atoms with Crippen molar-refractivity contribution in [2.75, 3.05) is 38.2 Å². The molecular weight excluding hydrogens is 468 g/mol. The molecule has 0 aliphatic carbocycles. The standard InChI is InChI=1S/C21H22N4O8S/c1-14-4-5-16(34(30,31)23-6-9-32-10-7-23)11-17(14)22-18(26)13-25-20(28)19(27)24(21(25)29)12-15-3-2-8-33-15/h2-5,8,11H,6-7,9-10,12-13H2,1H3,(H,22,26). The third kappa shape index (κ3) is 4.58. The van der Waals surface area contributed by atoms with Gasteiger partial charge in [0.2, 0.25) is 15.9 Å². The van der Waals surface area contributed by atoms with E-state index < -0.39 is 40.3 Å². The number of hydrogen-bond donors (Lipinski definition) is 1. The van der Waals surface area contributed by atoms with Gasteiger partial charge in [0.05, 0.1) is 30.9 Å². The van der Waals surface area contributed by atoms with Gasteiger partial charge in [-0.1, -0.05) is 6.07 Å². The summed E-state index contributed by atoms with van der Waals surface area (Å²) in [6.45, 7) is 1.75. The molecule has 5 amide bonds. The van der Waals surface area contributed by atoms with Crippen LogP contribution in [0.1, 0.15) is 11.3 Å². The number of imide groups is 2. The first-order valence-electron chi connectivity index (χ1n) is 10.4. The maximum absolute atomic E-state index is 12.9. The van der Waals surface area contributed by atoms with E-state index in [9.17, 15) is 27.6 Å². The lowest BCUT2D eigenvalue weighted by atomic mass is 10.2. The summed E-state index contributed by atoms with van der Waals surface area (Å²) < 4.78 is 37.4. The van der Waals surface area contributed by atoms with Gasteiger partial charge in [-0.25, -0.2) is 23.0 Å². The van der Waals surface area contributed by atoms with E-state index >= 15 is 0 Å². The number of carbonyl (C=O) groups is 4. The van der Waals surface area contributed by atoms with E-state index in [1.165, 1.54) is 22.7 Å². The van der Waals surface area contributed by atoms with Gasteiger partial charge in [0.15, 0.2) is 0 Å². The van der Waals surface area contributed by atoms with Crippen LogP contribution in [0, 0.1) is 6.92 Å². The third-order valence-corrected chi connectivity index (χ3v) is 7.32. The minimum Gasteiger partial charge on any atom is -0.467 e. The normalized spacial score (nSPS) is 17.5. The van der Waals surface area contributed by atoms with E-state index in [0.29, 0.717) is 34.3 Å². The lowest BCUT2D eigenvalue weighted by Crippen LogP contribution is -2.40. The molecule has 0 radical (unpaired) electrons. The number of carbonyl (C=O) groups excluding carboxylic acids is 4. The number of aryl methyl sites for hydroxylation is 1. The SMILES string of the molecule is Cc1ccc(S(=O)(=O)N2CCOCC2)cc1NC(=O)CN1C(=O)C(=O)N(Cc2ccco2)C1=O. The predicted octanol–water partition coefficient (Wildman–Crippen LogP) is 0.538. The molecular formula is C21H22N4O8S. The lowest BCUT2D eigenvalue weighted by molar-refractivity contribution is -0.144. The Kier molecular flexibility index (Phi) is 6.50. The molecule has 0 saturated carbocycles. The zero-order valence-electron chi connectivity index (χ0n) is 18.2. The van der Waals surface area contributed by atoms with Crippen LogP contribution in [0.3, 0.4) is 0 Å². The Morgan fingerprint density at radius 1 is 1.06 bits per heavy atom. The number of sulfonamides is 1. The molecule has 0 unspecified atom stereocenters. The van der Waals surface area contributed by atoms with Crippen LogP contribution in [0.25, 0.3) is 0 Å². The molecule has 2 fully saturated rings. The van der Waals surface area contributed by atoms with Gasteiger partial charge in [-0.15, -0.1) is 0 Å². The van der Waals surface area contributed by atoms with E-state index in [0.717, 1.165) is 0 Å². The largest absolute Gasteiger partial charge is 0.467 e. The van der Waals surface area contributed by atoms with Gasteiger partial charge in [-0.2, -0.15) is 4.31 Å². The second-order valence-electron chi connectivity index (χ2n) is 7.69. The number of furan rings is 1. The average Bonchev–Trinajstić information content (AvgIpc) is 3.40. The number of anilines is 1. The molecule has 1 N–H and O–H groups in total. The Morgan fingerprint density at radius 2 is 1.76 bits per heavy atom. The van der Waals surface area contributed by atoms with Gasteiger partial charge < -0.3 is 14.5 Å². The van der Waals surface area contributed by atoms with E-state index in [1.807, 2.05) is 0 Å². The summed E-state index contributed by atoms with van der Waals surface area (Å²) in [5, 5.41) is 2.53. The van der Waals surface area contributed by atoms with Crippen LogP contribution in [-0.2, 0) is 35.7 Å². The monoisotopic (exact) mass is 490 g/mol. The molecule has 2 aliphatic rings. The molecule has 2 aromatic rings. The van der Waals surface area contributed by atoms with Crippen molar-refractivity contribution < 1.29 is 36.7 Å². The minimum absolute atomic E-state index is 0.0107. The van der Waals surface area contributed by atoms with Gasteiger partial charge in [0.25, 0.3) is 0 Å². The molecule has 3 heterocycles. The number of urea groups is 1. The molecule has 180 valence electrons. The second-order valence-corrected chi connectivity index (χ2v) is 9.62. The van der Waals surface area contributed by atoms with Crippen molar-refractivity contribution >= 4 is 39.5 Å². The van der Waals surface area contributed by atoms with Crippen molar-refractivity contribution in [2.45, 2.75) is 18.4 Å². The first kappa shape index (κ1) is 23.6. The average molecular weight is 490 g/mol. The summed E-state index contributed by atoms with van der Waals surface area (Å²) in [6.07, 6.45) is 1.36. The first-order valence-corrected chi connectivity index (χ1v) is 11.8. The van der Waals surface area contributed by atoms with Crippen molar-refractivity contribution in [1.29, 1.82) is 0 Å². The highest BCUT2D eigenvalue weighted by molar-refractivity contribution is 7.89. The highest BCUT2D eigenvalue weighted by Crippen LogP contribution is 2.24. The molecule has 0 atom stereocenters. The predicted molar refractivity (Wildman–Crippen MR) is 116 cm³/mol. The van der Waals surface area contributed by atoms with Gasteiger partial charge in [-0.05, 0) is 36.8 Å². The van der Waals surface area contributed by atoms with Crippen LogP contribution in [-0.4, -0.2) is 79.1 Å². The molecule has 0 bridgehead atoms. The van der Waals surface area contributed by atoms with Crippen LogP contribution in [0.15, 0.2) is 45.9 Å². The molecule has 2 aliphatic heterocycles. The van der Waals surface area contributed by atoms with Gasteiger partial charge in [0, 0.05) is 18.8 Å². The van der Waals surface area contributed by atoms with Gasteiger partial charge in [0.1, 0.15) is 12.3 Å². The number of amides is 5. The van der Waals surface area contributed by atoms with Crippen LogP contribution >= 0.6 is 0 Å². The fraction of sp³-hybridized carbons (Fsp3) is 0.333. The number of rotatable bonds is 7. The fourth-order valence-electron chi connectivity index (χ4n) is 3.55. The summed E-state index contributed by atoms with van der Waals surface area (Å²) >= 11 is 0. The zero-order valence-corrected chi connectivity index (χ0v) is 19.0. The lowest BCUT2D eigenvalue weighted by Gasteiger charge is -2.26. The van der Waals surface area contributed by atoms with Crippen LogP contribution < -0.4 is 5.32 Å². The highest BCUT2D eigenvalue weighted by Gasteiger charge is 2.45. The Labute approximate surface area is 195 Å². The molecule has 0 spiro atoms. The summed E-state index contributed by atoms with van der Waals surface area (Å²) in [5.74, 6) is -2.66. The number of nitrogens with zero attached hydrogens (tertiary/aromatic N) is 3. The van der Waals surface area contributed by atoms with Crippen LogP contribution in [0.4, 0.5) is 10.5 Å². The summed E-state index contributed by atoms with van der Waals surface area (Å²) in [4.78, 5) is 50.9. The minimum atomic E-state index is -3.79. The Morgan fingerprint density at radius 3 is 2.44 bits per heavy atom. The topological polar surface area (TPSA) is 147 Å². The van der Waals surface area contributed by atoms with Crippen LogP contribution in [0.2, 0.25) is 0 Å². The Hall–Kier alpha value is -3.55. The number of nitrogens with one attached hydrogen (secondary N) is 1. The van der Waals surface area contributed by atoms with E-state index in [4.69, 9.17) is 9.15 Å². The summed E-state index contributed by atoms with van der Waals surface area (Å²) in [7, 11) is -3.79. The Balaban J connectivity index is 1.46. The Bertz CT molecular complexity index is 1240. The molecule has 1 aromatic heterocycles. The molecule has 1 aromatic carbocycles. The van der Waals surface area contributed by atoms with Crippen molar-refractivity contribution in [3.8, 4) is 0 Å². The fourth-order valence-corrected chi connectivity index (χ4v) is 4.99. The van der Waals surface area contributed by atoms with Gasteiger partial charge >= 0.3 is 17.8 Å². The number of benzene rings is 1. The van der Waals surface area contributed by atoms with Crippen molar-refractivity contribution in [3.63, 3.8) is 0 Å². The molecule has 13 heteroatoms. The smallest absolute Gasteiger partial charge is 0.335 e. The molecule has 12 nitrogen and oxygen atoms in total. The highest BCUT2D eigenvalue weighted by atomic mass is 32.2. The van der Waals surface area contributed by atoms with E-state index in [-0.39, 0.29) is 30.2 Å². The van der Waals surface area contributed by atoms with Crippen molar-refractivity contribution in [2.24, 2.45) is 0 Å². The molecule has 2 saturated heterocycles. The summed E-state index contributed by atoms with van der Waals surface area (Å²) in [6, 6.07) is 6.48. The van der Waals surface area contributed by atoms with Crippen molar-refractivity contribution in [1.82, 2.24) is 14.1 Å². The van der Waals surface area contributed by atoms with Crippen LogP contribution in [0.5, 0.6) is 0 Å². The molecule has 4 rings (SSSR count). The maximum atomic E-state index is 12.9. The van der Waals surface area contributed by atoms with Crippen molar-refractivity contribution in [3.05, 3.63) is 47.9 Å². The number of morpholine rings is 1. The first-order chi connectivity index (χ1) is 16.2. The van der Waals surface area contributed by atoms with E-state index in [1.54, 1.807) is 25.1 Å². The van der Waals surface area contributed by atoms with E-state index in [2.05, 4.69) is 5.32 Å². The maximum Gasteiger partial charge on any atom is 0.335 e. The summed E-state index contributed by atoms with van der Waals surface area (Å²) in [5.41, 5.74) is 0.779. The molecule has 34 heavy (non-hydrogen) atoms.